The fourth-order valence-corrected chi connectivity index (χ4v) is 3.48. The topological polar surface area (TPSA) is 55.1 Å². The molecule has 0 atom stereocenters. The average molecular weight is 280 g/mol. The maximum absolute atomic E-state index is 12.4. The van der Waals surface area contributed by atoms with E-state index >= 15 is 0 Å². The van der Waals surface area contributed by atoms with Crippen molar-refractivity contribution in [2.45, 2.75) is 39.0 Å². The van der Waals surface area contributed by atoms with Gasteiger partial charge in [0, 0.05) is 13.1 Å². The first-order valence-electron chi connectivity index (χ1n) is 7.16. The summed E-state index contributed by atoms with van der Waals surface area (Å²) in [6.07, 6.45) is 5.03. The molecule has 1 fully saturated rings. The molecule has 1 aliphatic rings. The third-order valence-corrected chi connectivity index (χ3v) is 5.12. The molecular formula is C15H24N2OS. The lowest BCUT2D eigenvalue weighted by Crippen LogP contribution is -2.48. The Kier molecular flexibility index (Phi) is 4.99. The Bertz CT molecular complexity index is 394. The number of thiophene rings is 1. The van der Waals surface area contributed by atoms with Crippen molar-refractivity contribution in [3.63, 3.8) is 0 Å². The second-order valence-corrected chi connectivity index (χ2v) is 6.58. The molecule has 4 heteroatoms. The van der Waals surface area contributed by atoms with Gasteiger partial charge in [-0.05, 0) is 60.4 Å². The number of nitrogens with one attached hydrogen (secondary N) is 1. The number of rotatable bonds is 5. The van der Waals surface area contributed by atoms with Gasteiger partial charge in [-0.3, -0.25) is 4.79 Å². The first-order valence-corrected chi connectivity index (χ1v) is 8.10. The molecule has 0 radical (unpaired) electrons. The van der Waals surface area contributed by atoms with Crippen LogP contribution in [-0.4, -0.2) is 19.0 Å². The van der Waals surface area contributed by atoms with E-state index in [1.807, 2.05) is 0 Å². The van der Waals surface area contributed by atoms with Gasteiger partial charge in [-0.25, -0.2) is 0 Å². The van der Waals surface area contributed by atoms with Crippen LogP contribution in [0.25, 0.3) is 0 Å². The molecule has 0 spiro atoms. The number of carbonyl (C=O) groups is 1. The van der Waals surface area contributed by atoms with Crippen molar-refractivity contribution in [2.24, 2.45) is 17.1 Å². The molecule has 2 rings (SSSR count). The van der Waals surface area contributed by atoms with Gasteiger partial charge in [-0.15, -0.1) is 0 Å². The minimum absolute atomic E-state index is 0.164. The van der Waals surface area contributed by atoms with Crippen LogP contribution in [0.3, 0.4) is 0 Å². The standard InChI is InChI=1S/C15H24N2OS/c1-12-2-6-15(11-16,7-3-12)14(18)17-8-4-13-5-9-19-10-13/h5,9-10,12H,2-4,6-8,11,16H2,1H3,(H,17,18). The molecular weight excluding hydrogens is 256 g/mol. The minimum atomic E-state index is -0.304. The molecule has 1 saturated carbocycles. The maximum Gasteiger partial charge on any atom is 0.227 e. The molecule has 1 aliphatic carbocycles. The minimum Gasteiger partial charge on any atom is -0.355 e. The molecule has 0 aliphatic heterocycles. The number of hydrogen-bond acceptors (Lipinski definition) is 3. The van der Waals surface area contributed by atoms with Gasteiger partial charge in [-0.1, -0.05) is 6.92 Å². The van der Waals surface area contributed by atoms with Gasteiger partial charge < -0.3 is 11.1 Å². The normalized spacial score (nSPS) is 27.2. The highest BCUT2D eigenvalue weighted by molar-refractivity contribution is 7.07. The van der Waals surface area contributed by atoms with E-state index in [0.29, 0.717) is 13.1 Å². The maximum atomic E-state index is 12.4. The molecule has 1 aromatic rings. The van der Waals surface area contributed by atoms with Gasteiger partial charge in [0.1, 0.15) is 0 Å². The van der Waals surface area contributed by atoms with Crippen molar-refractivity contribution in [1.29, 1.82) is 0 Å². The van der Waals surface area contributed by atoms with Gasteiger partial charge in [0.05, 0.1) is 5.41 Å². The van der Waals surface area contributed by atoms with Crippen molar-refractivity contribution >= 4 is 17.2 Å². The predicted octanol–water partition coefficient (Wildman–Crippen LogP) is 2.56. The van der Waals surface area contributed by atoms with Gasteiger partial charge in [-0.2, -0.15) is 11.3 Å². The van der Waals surface area contributed by atoms with E-state index in [2.05, 4.69) is 29.1 Å². The predicted molar refractivity (Wildman–Crippen MR) is 80.2 cm³/mol. The van der Waals surface area contributed by atoms with Crippen LogP contribution in [0.5, 0.6) is 0 Å². The fraction of sp³-hybridized carbons (Fsp3) is 0.667. The largest absolute Gasteiger partial charge is 0.355 e. The molecule has 3 nitrogen and oxygen atoms in total. The first kappa shape index (κ1) is 14.5. The second-order valence-electron chi connectivity index (χ2n) is 5.80. The molecule has 1 heterocycles. The SMILES string of the molecule is CC1CCC(CN)(C(=O)NCCc2ccsc2)CC1. The summed E-state index contributed by atoms with van der Waals surface area (Å²) >= 11 is 1.70. The summed E-state index contributed by atoms with van der Waals surface area (Å²) in [5.74, 6) is 0.899. The van der Waals surface area contributed by atoms with Crippen molar-refractivity contribution < 1.29 is 4.79 Å². The van der Waals surface area contributed by atoms with E-state index in [0.717, 1.165) is 38.0 Å². The van der Waals surface area contributed by atoms with Crippen molar-refractivity contribution in [3.05, 3.63) is 22.4 Å². The van der Waals surface area contributed by atoms with Gasteiger partial charge in [0.2, 0.25) is 5.91 Å². The van der Waals surface area contributed by atoms with E-state index in [1.165, 1.54) is 5.56 Å². The number of amides is 1. The Morgan fingerprint density at radius 2 is 2.26 bits per heavy atom. The second kappa shape index (κ2) is 6.53. The van der Waals surface area contributed by atoms with Gasteiger partial charge >= 0.3 is 0 Å². The number of hydrogen-bond donors (Lipinski definition) is 2. The third kappa shape index (κ3) is 3.57. The molecule has 0 aromatic carbocycles. The van der Waals surface area contributed by atoms with Crippen LogP contribution < -0.4 is 11.1 Å². The highest BCUT2D eigenvalue weighted by atomic mass is 32.1. The van der Waals surface area contributed by atoms with E-state index < -0.39 is 0 Å². The first-order chi connectivity index (χ1) is 9.16. The highest BCUT2D eigenvalue weighted by Gasteiger charge is 2.39. The Morgan fingerprint density at radius 1 is 1.53 bits per heavy atom. The fourth-order valence-electron chi connectivity index (χ4n) is 2.78. The molecule has 106 valence electrons. The van der Waals surface area contributed by atoms with E-state index in [-0.39, 0.29) is 11.3 Å². The number of nitrogens with two attached hydrogens (primary N) is 1. The number of carbonyl (C=O) groups excluding carboxylic acids is 1. The van der Waals surface area contributed by atoms with Crippen molar-refractivity contribution in [2.75, 3.05) is 13.1 Å². The van der Waals surface area contributed by atoms with Gasteiger partial charge in [0.25, 0.3) is 0 Å². The van der Waals surface area contributed by atoms with E-state index in [4.69, 9.17) is 5.73 Å². The summed E-state index contributed by atoms with van der Waals surface area (Å²) in [5.41, 5.74) is 6.88. The Labute approximate surface area is 119 Å². The Hall–Kier alpha value is -0.870. The van der Waals surface area contributed by atoms with Crippen LogP contribution in [0, 0.1) is 11.3 Å². The lowest BCUT2D eigenvalue weighted by atomic mass is 9.70. The summed E-state index contributed by atoms with van der Waals surface area (Å²) in [6.45, 7) is 3.45. The quantitative estimate of drug-likeness (QED) is 0.871. The zero-order chi connectivity index (χ0) is 13.7. The Morgan fingerprint density at radius 3 is 2.84 bits per heavy atom. The zero-order valence-electron chi connectivity index (χ0n) is 11.7. The van der Waals surface area contributed by atoms with Crippen molar-refractivity contribution in [3.8, 4) is 0 Å². The molecule has 0 saturated heterocycles. The summed E-state index contributed by atoms with van der Waals surface area (Å²) in [4.78, 5) is 12.4. The molecule has 19 heavy (non-hydrogen) atoms. The van der Waals surface area contributed by atoms with Gasteiger partial charge in [0.15, 0.2) is 0 Å². The lowest BCUT2D eigenvalue weighted by Gasteiger charge is -2.37. The van der Waals surface area contributed by atoms with Crippen LogP contribution in [0.2, 0.25) is 0 Å². The van der Waals surface area contributed by atoms with E-state index in [9.17, 15) is 4.79 Å². The summed E-state index contributed by atoms with van der Waals surface area (Å²) in [5, 5.41) is 7.29. The smallest absolute Gasteiger partial charge is 0.227 e. The van der Waals surface area contributed by atoms with Crippen LogP contribution in [0.1, 0.15) is 38.2 Å². The van der Waals surface area contributed by atoms with Crippen LogP contribution in [0.4, 0.5) is 0 Å². The monoisotopic (exact) mass is 280 g/mol. The third-order valence-electron chi connectivity index (χ3n) is 4.38. The summed E-state index contributed by atoms with van der Waals surface area (Å²) in [7, 11) is 0. The highest BCUT2D eigenvalue weighted by Crippen LogP contribution is 2.38. The molecule has 1 amide bonds. The van der Waals surface area contributed by atoms with Crippen molar-refractivity contribution in [1.82, 2.24) is 5.32 Å². The summed E-state index contributed by atoms with van der Waals surface area (Å²) in [6, 6.07) is 2.11. The zero-order valence-corrected chi connectivity index (χ0v) is 12.5. The van der Waals surface area contributed by atoms with E-state index in [1.54, 1.807) is 11.3 Å². The molecule has 0 bridgehead atoms. The van der Waals surface area contributed by atoms with Crippen LogP contribution in [0.15, 0.2) is 16.8 Å². The summed E-state index contributed by atoms with van der Waals surface area (Å²) < 4.78 is 0. The van der Waals surface area contributed by atoms with Crippen LogP contribution >= 0.6 is 11.3 Å². The molecule has 3 N–H and O–H groups in total. The molecule has 0 unspecified atom stereocenters. The molecule has 1 aromatic heterocycles. The van der Waals surface area contributed by atoms with Crippen LogP contribution in [-0.2, 0) is 11.2 Å². The lowest BCUT2D eigenvalue weighted by molar-refractivity contribution is -0.132. The average Bonchev–Trinajstić information content (AvgIpc) is 2.93. The Balaban J connectivity index is 1.83.